The van der Waals surface area contributed by atoms with Crippen LogP contribution in [0.4, 0.5) is 0 Å². The number of carbonyl (C=O) groups is 2. The first-order chi connectivity index (χ1) is 10.6. The first-order valence-electron chi connectivity index (χ1n) is 7.21. The van der Waals surface area contributed by atoms with Crippen molar-refractivity contribution in [1.82, 2.24) is 5.32 Å². The van der Waals surface area contributed by atoms with E-state index in [1.54, 1.807) is 12.1 Å². The number of ether oxygens (including phenoxy) is 1. The highest BCUT2D eigenvalue weighted by atomic mass is 16.5. The zero-order valence-corrected chi connectivity index (χ0v) is 12.5. The largest absolute Gasteiger partial charge is 0.427 e. The highest BCUT2D eigenvalue weighted by Gasteiger charge is 2.06. The number of aryl methyl sites for hydroxylation is 1. The Morgan fingerprint density at radius 1 is 1.00 bits per heavy atom. The highest BCUT2D eigenvalue weighted by molar-refractivity contribution is 5.73. The summed E-state index contributed by atoms with van der Waals surface area (Å²) in [6.45, 7) is 1.99. The average Bonchev–Trinajstić information content (AvgIpc) is 2.52. The zero-order valence-electron chi connectivity index (χ0n) is 12.5. The number of rotatable bonds is 6. The number of amides is 1. The number of benzene rings is 2. The van der Waals surface area contributed by atoms with E-state index >= 15 is 0 Å². The summed E-state index contributed by atoms with van der Waals surface area (Å²) in [5.74, 6) is 0.252. The van der Waals surface area contributed by atoms with Crippen LogP contribution in [-0.4, -0.2) is 11.9 Å². The van der Waals surface area contributed by atoms with Gasteiger partial charge in [-0.05, 0) is 29.7 Å². The van der Waals surface area contributed by atoms with Crippen molar-refractivity contribution in [2.75, 3.05) is 0 Å². The van der Waals surface area contributed by atoms with Gasteiger partial charge in [-0.1, -0.05) is 42.5 Å². The van der Waals surface area contributed by atoms with Crippen LogP contribution in [0.3, 0.4) is 0 Å². The lowest BCUT2D eigenvalue weighted by molar-refractivity contribution is -0.134. The van der Waals surface area contributed by atoms with Crippen LogP contribution in [0.15, 0.2) is 54.6 Å². The van der Waals surface area contributed by atoms with E-state index in [0.29, 0.717) is 25.1 Å². The van der Waals surface area contributed by atoms with E-state index in [1.807, 2.05) is 42.5 Å². The van der Waals surface area contributed by atoms with Crippen LogP contribution in [-0.2, 0) is 22.6 Å². The van der Waals surface area contributed by atoms with Gasteiger partial charge in [-0.15, -0.1) is 0 Å². The Morgan fingerprint density at radius 3 is 2.45 bits per heavy atom. The van der Waals surface area contributed by atoms with Crippen molar-refractivity contribution in [2.24, 2.45) is 0 Å². The number of para-hydroxylation sites is 1. The highest BCUT2D eigenvalue weighted by Crippen LogP contribution is 2.12. The fraction of sp³-hybridized carbons (Fsp3) is 0.222. The Morgan fingerprint density at radius 2 is 1.73 bits per heavy atom. The smallest absolute Gasteiger partial charge is 0.311 e. The first kappa shape index (κ1) is 15.8. The van der Waals surface area contributed by atoms with Gasteiger partial charge in [-0.25, -0.2) is 0 Å². The number of esters is 1. The predicted molar refractivity (Wildman–Crippen MR) is 84.4 cm³/mol. The van der Waals surface area contributed by atoms with E-state index in [-0.39, 0.29) is 11.9 Å². The minimum absolute atomic E-state index is 0.0585. The Balaban J connectivity index is 1.84. The Labute approximate surface area is 130 Å². The maximum Gasteiger partial charge on any atom is 0.311 e. The van der Waals surface area contributed by atoms with Gasteiger partial charge in [0.1, 0.15) is 5.75 Å². The molecule has 114 valence electrons. The topological polar surface area (TPSA) is 55.4 Å². The maximum absolute atomic E-state index is 11.8. The fourth-order valence-corrected chi connectivity index (χ4v) is 2.04. The molecule has 1 N–H and O–H groups in total. The molecule has 2 rings (SSSR count). The molecular weight excluding hydrogens is 278 g/mol. The molecule has 2 aromatic carbocycles. The van der Waals surface area contributed by atoms with Crippen molar-refractivity contribution in [3.8, 4) is 5.75 Å². The van der Waals surface area contributed by atoms with Crippen LogP contribution >= 0.6 is 0 Å². The van der Waals surface area contributed by atoms with Crippen molar-refractivity contribution < 1.29 is 14.3 Å². The van der Waals surface area contributed by atoms with E-state index in [9.17, 15) is 9.59 Å². The Bertz CT molecular complexity index is 638. The number of nitrogens with one attached hydrogen (secondary N) is 1. The summed E-state index contributed by atoms with van der Waals surface area (Å²) in [4.78, 5) is 22.7. The van der Waals surface area contributed by atoms with Gasteiger partial charge in [0, 0.05) is 19.9 Å². The van der Waals surface area contributed by atoms with Crippen molar-refractivity contribution in [3.63, 3.8) is 0 Å². The van der Waals surface area contributed by atoms with E-state index in [2.05, 4.69) is 5.32 Å². The molecule has 1 amide bonds. The molecule has 0 aromatic heterocycles. The second-order valence-corrected chi connectivity index (χ2v) is 5.02. The molecular formula is C18H19NO3. The second kappa shape index (κ2) is 7.98. The lowest BCUT2D eigenvalue weighted by atomic mass is 10.1. The van der Waals surface area contributed by atoms with E-state index in [4.69, 9.17) is 4.74 Å². The summed E-state index contributed by atoms with van der Waals surface area (Å²) in [5, 5.41) is 2.76. The normalized spacial score (nSPS) is 10.0. The van der Waals surface area contributed by atoms with Gasteiger partial charge in [0.2, 0.25) is 5.91 Å². The summed E-state index contributed by atoms with van der Waals surface area (Å²) < 4.78 is 5.25. The Kier molecular flexibility index (Phi) is 5.72. The molecule has 0 atom stereocenters. The first-order valence-corrected chi connectivity index (χ1v) is 7.21. The van der Waals surface area contributed by atoms with Crippen molar-refractivity contribution in [3.05, 3.63) is 65.7 Å². The molecule has 0 unspecified atom stereocenters. The summed E-state index contributed by atoms with van der Waals surface area (Å²) in [6.07, 6.45) is 0.929. The molecule has 0 spiro atoms. The third kappa shape index (κ3) is 5.40. The predicted octanol–water partition coefficient (Wildman–Crippen LogP) is 2.86. The quantitative estimate of drug-likeness (QED) is 0.659. The zero-order chi connectivity index (χ0) is 15.8. The van der Waals surface area contributed by atoms with Gasteiger partial charge in [-0.2, -0.15) is 0 Å². The number of hydrogen-bond acceptors (Lipinski definition) is 3. The molecule has 4 nitrogen and oxygen atoms in total. The van der Waals surface area contributed by atoms with Crippen LogP contribution in [0.1, 0.15) is 24.5 Å². The van der Waals surface area contributed by atoms with Crippen molar-refractivity contribution in [2.45, 2.75) is 26.3 Å². The van der Waals surface area contributed by atoms with Crippen LogP contribution in [0, 0.1) is 0 Å². The monoisotopic (exact) mass is 297 g/mol. The maximum atomic E-state index is 11.8. The number of carbonyl (C=O) groups excluding carboxylic acids is 2. The van der Waals surface area contributed by atoms with Crippen molar-refractivity contribution >= 4 is 11.9 Å². The molecule has 0 heterocycles. The van der Waals surface area contributed by atoms with Gasteiger partial charge < -0.3 is 10.1 Å². The third-order valence-corrected chi connectivity index (χ3v) is 3.13. The van der Waals surface area contributed by atoms with Crippen molar-refractivity contribution in [1.29, 1.82) is 0 Å². The van der Waals surface area contributed by atoms with E-state index < -0.39 is 0 Å². The molecule has 0 fully saturated rings. The van der Waals surface area contributed by atoms with Gasteiger partial charge in [0.05, 0.1) is 0 Å². The number of hydrogen-bond donors (Lipinski definition) is 1. The van der Waals surface area contributed by atoms with Gasteiger partial charge in [0.15, 0.2) is 0 Å². The fourth-order valence-electron chi connectivity index (χ4n) is 2.04. The standard InChI is InChI=1S/C18H19NO3/c1-14(20)19-13-16-7-5-6-15(12-16)10-11-18(21)22-17-8-3-2-4-9-17/h2-9,12H,10-11,13H2,1H3,(H,19,20). The summed E-state index contributed by atoms with van der Waals surface area (Å²) in [6, 6.07) is 16.9. The van der Waals surface area contributed by atoms with E-state index in [1.165, 1.54) is 6.92 Å². The molecule has 4 heteroatoms. The molecule has 2 aromatic rings. The molecule has 0 aliphatic carbocycles. The van der Waals surface area contributed by atoms with Gasteiger partial charge >= 0.3 is 5.97 Å². The summed E-state index contributed by atoms with van der Waals surface area (Å²) in [5.41, 5.74) is 2.07. The summed E-state index contributed by atoms with van der Waals surface area (Å²) >= 11 is 0. The third-order valence-electron chi connectivity index (χ3n) is 3.13. The van der Waals surface area contributed by atoms with Crippen LogP contribution in [0.25, 0.3) is 0 Å². The minimum Gasteiger partial charge on any atom is -0.427 e. The van der Waals surface area contributed by atoms with E-state index in [0.717, 1.165) is 11.1 Å². The van der Waals surface area contributed by atoms with Gasteiger partial charge in [0.25, 0.3) is 0 Å². The average molecular weight is 297 g/mol. The lowest BCUT2D eigenvalue weighted by Gasteiger charge is -2.07. The molecule has 0 bridgehead atoms. The van der Waals surface area contributed by atoms with Crippen LogP contribution in [0.2, 0.25) is 0 Å². The summed E-state index contributed by atoms with van der Waals surface area (Å²) in [7, 11) is 0. The molecule has 0 aliphatic heterocycles. The Hall–Kier alpha value is -2.62. The minimum atomic E-state index is -0.251. The second-order valence-electron chi connectivity index (χ2n) is 5.02. The van der Waals surface area contributed by atoms with Gasteiger partial charge in [-0.3, -0.25) is 9.59 Å². The molecule has 0 saturated heterocycles. The SMILES string of the molecule is CC(=O)NCc1cccc(CCC(=O)Oc2ccccc2)c1. The molecule has 0 saturated carbocycles. The van der Waals surface area contributed by atoms with Crippen LogP contribution in [0.5, 0.6) is 5.75 Å². The molecule has 0 aliphatic rings. The lowest BCUT2D eigenvalue weighted by Crippen LogP contribution is -2.18. The van der Waals surface area contributed by atoms with Crippen LogP contribution < -0.4 is 10.1 Å². The molecule has 22 heavy (non-hydrogen) atoms. The molecule has 0 radical (unpaired) electrons.